The lowest BCUT2D eigenvalue weighted by Crippen LogP contribution is -2.43. The number of rotatable bonds is 6. The Morgan fingerprint density at radius 1 is 1.45 bits per heavy atom. The molecule has 0 saturated heterocycles. The summed E-state index contributed by atoms with van der Waals surface area (Å²) < 4.78 is 13.4. The van der Waals surface area contributed by atoms with Gasteiger partial charge in [-0.3, -0.25) is 0 Å². The van der Waals surface area contributed by atoms with Gasteiger partial charge in [0.25, 0.3) is 0 Å². The minimum Gasteiger partial charge on any atom is -0.480 e. The predicted molar refractivity (Wildman–Crippen MR) is 74.5 cm³/mol. The second-order valence-electron chi connectivity index (χ2n) is 4.26. The average Bonchev–Trinajstić information content (AvgIpc) is 2.38. The third-order valence-corrected chi connectivity index (χ3v) is 2.86. The molecule has 0 bridgehead atoms. The summed E-state index contributed by atoms with van der Waals surface area (Å²) in [5.41, 5.74) is -0.102. The number of hydrogen-bond donors (Lipinski definition) is 3. The van der Waals surface area contributed by atoms with E-state index in [0.29, 0.717) is 12.8 Å². The van der Waals surface area contributed by atoms with Crippen molar-refractivity contribution in [1.82, 2.24) is 5.32 Å². The highest BCUT2D eigenvalue weighted by molar-refractivity contribution is 6.30. The number of unbranched alkanes of at least 4 members (excludes halogenated alkanes) is 1. The summed E-state index contributed by atoms with van der Waals surface area (Å²) in [5.74, 6) is -1.77. The Bertz CT molecular complexity index is 497. The van der Waals surface area contributed by atoms with Gasteiger partial charge in [-0.05, 0) is 24.6 Å². The second kappa shape index (κ2) is 7.69. The molecule has 1 atom stereocenters. The van der Waals surface area contributed by atoms with Crippen LogP contribution in [0.4, 0.5) is 14.9 Å². The van der Waals surface area contributed by atoms with E-state index in [-0.39, 0.29) is 10.7 Å². The second-order valence-corrected chi connectivity index (χ2v) is 4.69. The molecule has 0 radical (unpaired) electrons. The van der Waals surface area contributed by atoms with Crippen LogP contribution in [0.15, 0.2) is 18.2 Å². The van der Waals surface area contributed by atoms with E-state index >= 15 is 0 Å². The summed E-state index contributed by atoms with van der Waals surface area (Å²) in [6, 6.07) is 1.93. The summed E-state index contributed by atoms with van der Waals surface area (Å²) in [6.07, 6.45) is 1.80. The SMILES string of the molecule is CCCC[C@H](NC(=O)Nc1cc(Cl)ccc1F)C(=O)O. The molecule has 0 aliphatic carbocycles. The Labute approximate surface area is 121 Å². The third kappa shape index (κ3) is 5.05. The fourth-order valence-corrected chi connectivity index (χ4v) is 1.75. The Morgan fingerprint density at radius 3 is 2.75 bits per heavy atom. The Morgan fingerprint density at radius 2 is 2.15 bits per heavy atom. The van der Waals surface area contributed by atoms with E-state index in [2.05, 4.69) is 10.6 Å². The van der Waals surface area contributed by atoms with E-state index < -0.39 is 23.9 Å². The first-order valence-electron chi connectivity index (χ1n) is 6.19. The highest BCUT2D eigenvalue weighted by Gasteiger charge is 2.19. The van der Waals surface area contributed by atoms with Gasteiger partial charge < -0.3 is 15.7 Å². The quantitative estimate of drug-likeness (QED) is 0.755. The van der Waals surface area contributed by atoms with Crippen LogP contribution in [0.5, 0.6) is 0 Å². The van der Waals surface area contributed by atoms with Crippen molar-refractivity contribution in [3.05, 3.63) is 29.0 Å². The van der Waals surface area contributed by atoms with Crippen LogP contribution in [-0.2, 0) is 4.79 Å². The molecule has 110 valence electrons. The number of amides is 2. The number of halogens is 2. The van der Waals surface area contributed by atoms with Crippen LogP contribution >= 0.6 is 11.6 Å². The van der Waals surface area contributed by atoms with E-state index in [0.717, 1.165) is 12.5 Å². The van der Waals surface area contributed by atoms with Gasteiger partial charge in [-0.1, -0.05) is 31.4 Å². The van der Waals surface area contributed by atoms with Crippen molar-refractivity contribution >= 4 is 29.3 Å². The molecule has 0 heterocycles. The zero-order valence-corrected chi connectivity index (χ0v) is 11.7. The zero-order valence-electron chi connectivity index (χ0n) is 11.0. The molecule has 3 N–H and O–H groups in total. The Kier molecular flexibility index (Phi) is 6.24. The maximum atomic E-state index is 13.4. The number of benzene rings is 1. The number of hydrogen-bond acceptors (Lipinski definition) is 2. The van der Waals surface area contributed by atoms with Gasteiger partial charge >= 0.3 is 12.0 Å². The molecule has 0 aliphatic heterocycles. The van der Waals surface area contributed by atoms with Crippen molar-refractivity contribution in [3.8, 4) is 0 Å². The number of carboxylic acid groups (broad SMARTS) is 1. The van der Waals surface area contributed by atoms with E-state index in [4.69, 9.17) is 16.7 Å². The smallest absolute Gasteiger partial charge is 0.326 e. The van der Waals surface area contributed by atoms with E-state index in [1.807, 2.05) is 6.92 Å². The van der Waals surface area contributed by atoms with Crippen molar-refractivity contribution in [2.24, 2.45) is 0 Å². The Hall–Kier alpha value is -1.82. The number of anilines is 1. The molecule has 1 rings (SSSR count). The molecule has 0 aromatic heterocycles. The highest BCUT2D eigenvalue weighted by Crippen LogP contribution is 2.19. The van der Waals surface area contributed by atoms with Crippen molar-refractivity contribution < 1.29 is 19.1 Å². The minimum atomic E-state index is -1.12. The van der Waals surface area contributed by atoms with Crippen LogP contribution in [0.2, 0.25) is 5.02 Å². The van der Waals surface area contributed by atoms with E-state index in [1.165, 1.54) is 12.1 Å². The molecule has 0 fully saturated rings. The standard InChI is InChI=1S/C13H16ClFN2O3/c1-2-3-4-10(12(18)19)16-13(20)17-11-7-8(14)5-6-9(11)15/h5-7,10H,2-4H2,1H3,(H,18,19)(H2,16,17,20)/t10-/m0/s1. The van der Waals surface area contributed by atoms with Crippen LogP contribution in [0.25, 0.3) is 0 Å². The first-order valence-corrected chi connectivity index (χ1v) is 6.57. The lowest BCUT2D eigenvalue weighted by atomic mass is 10.1. The number of urea groups is 1. The van der Waals surface area contributed by atoms with Gasteiger partial charge in [0, 0.05) is 5.02 Å². The molecular weight excluding hydrogens is 287 g/mol. The molecule has 20 heavy (non-hydrogen) atoms. The first-order chi connectivity index (χ1) is 9.43. The van der Waals surface area contributed by atoms with Crippen LogP contribution in [-0.4, -0.2) is 23.1 Å². The lowest BCUT2D eigenvalue weighted by Gasteiger charge is -2.15. The van der Waals surface area contributed by atoms with E-state index in [1.54, 1.807) is 0 Å². The summed E-state index contributed by atoms with van der Waals surface area (Å²) in [5, 5.41) is 13.8. The van der Waals surface area contributed by atoms with Gasteiger partial charge in [0.2, 0.25) is 0 Å². The normalized spacial score (nSPS) is 11.8. The largest absolute Gasteiger partial charge is 0.480 e. The average molecular weight is 303 g/mol. The topological polar surface area (TPSA) is 78.4 Å². The number of carbonyl (C=O) groups is 2. The third-order valence-electron chi connectivity index (χ3n) is 2.63. The molecular formula is C13H16ClFN2O3. The number of aliphatic carboxylic acids is 1. The van der Waals surface area contributed by atoms with Gasteiger partial charge in [0.15, 0.2) is 0 Å². The van der Waals surface area contributed by atoms with Crippen molar-refractivity contribution in [3.63, 3.8) is 0 Å². The predicted octanol–water partition coefficient (Wildman–Crippen LogP) is 3.24. The molecule has 0 spiro atoms. The fourth-order valence-electron chi connectivity index (χ4n) is 1.58. The molecule has 1 aromatic rings. The Balaban J connectivity index is 2.65. The molecule has 0 unspecified atom stereocenters. The molecule has 0 aliphatic rings. The minimum absolute atomic E-state index is 0.102. The van der Waals surface area contributed by atoms with Crippen molar-refractivity contribution in [2.75, 3.05) is 5.32 Å². The maximum absolute atomic E-state index is 13.4. The summed E-state index contributed by atoms with van der Waals surface area (Å²) in [4.78, 5) is 22.6. The number of carboxylic acids is 1. The van der Waals surface area contributed by atoms with Gasteiger partial charge in [0.05, 0.1) is 5.69 Å². The van der Waals surface area contributed by atoms with Crippen LogP contribution in [0, 0.1) is 5.82 Å². The molecule has 5 nitrogen and oxygen atoms in total. The summed E-state index contributed by atoms with van der Waals surface area (Å²) in [6.45, 7) is 1.92. The molecule has 1 aromatic carbocycles. The molecule has 0 saturated carbocycles. The zero-order chi connectivity index (χ0) is 15.1. The number of carbonyl (C=O) groups excluding carboxylic acids is 1. The van der Waals surface area contributed by atoms with E-state index in [9.17, 15) is 14.0 Å². The fraction of sp³-hybridized carbons (Fsp3) is 0.385. The molecule has 7 heteroatoms. The van der Waals surface area contributed by atoms with Crippen molar-refractivity contribution in [2.45, 2.75) is 32.2 Å². The summed E-state index contributed by atoms with van der Waals surface area (Å²) in [7, 11) is 0. The van der Waals surface area contributed by atoms with Gasteiger partial charge in [-0.15, -0.1) is 0 Å². The van der Waals surface area contributed by atoms with Crippen LogP contribution in [0.1, 0.15) is 26.2 Å². The summed E-state index contributed by atoms with van der Waals surface area (Å²) >= 11 is 5.69. The molecule has 2 amide bonds. The lowest BCUT2D eigenvalue weighted by molar-refractivity contribution is -0.139. The van der Waals surface area contributed by atoms with Gasteiger partial charge in [-0.2, -0.15) is 0 Å². The highest BCUT2D eigenvalue weighted by atomic mass is 35.5. The monoisotopic (exact) mass is 302 g/mol. The number of nitrogens with one attached hydrogen (secondary N) is 2. The van der Waals surface area contributed by atoms with Gasteiger partial charge in [-0.25, -0.2) is 14.0 Å². The van der Waals surface area contributed by atoms with Crippen molar-refractivity contribution in [1.29, 1.82) is 0 Å². The maximum Gasteiger partial charge on any atom is 0.326 e. The van der Waals surface area contributed by atoms with Crippen LogP contribution < -0.4 is 10.6 Å². The van der Waals surface area contributed by atoms with Crippen LogP contribution in [0.3, 0.4) is 0 Å². The van der Waals surface area contributed by atoms with Gasteiger partial charge in [0.1, 0.15) is 11.9 Å². The first kappa shape index (κ1) is 16.2.